The van der Waals surface area contributed by atoms with Crippen molar-refractivity contribution in [3.8, 4) is 0 Å². The van der Waals surface area contributed by atoms with Crippen LogP contribution in [0.15, 0.2) is 16.7 Å². The van der Waals surface area contributed by atoms with Gasteiger partial charge in [-0.25, -0.2) is 0 Å². The molecule has 0 radical (unpaired) electrons. The summed E-state index contributed by atoms with van der Waals surface area (Å²) in [5.74, 6) is 0.374. The van der Waals surface area contributed by atoms with Crippen LogP contribution in [0.1, 0.15) is 17.4 Å². The van der Waals surface area contributed by atoms with Gasteiger partial charge in [-0.05, 0) is 6.07 Å². The van der Waals surface area contributed by atoms with Gasteiger partial charge >= 0.3 is 0 Å². The van der Waals surface area contributed by atoms with Gasteiger partial charge in [0.25, 0.3) is 0 Å². The minimum atomic E-state index is -0.954. The lowest BCUT2D eigenvalue weighted by atomic mass is 10.2. The van der Waals surface area contributed by atoms with Crippen molar-refractivity contribution in [3.05, 3.63) is 23.7 Å². The molecule has 4 heteroatoms. The van der Waals surface area contributed by atoms with E-state index in [-0.39, 0.29) is 6.61 Å². The van der Waals surface area contributed by atoms with Crippen molar-refractivity contribution >= 4 is 0 Å². The Kier molecular flexibility index (Phi) is 3.28. The second-order valence-electron chi connectivity index (χ2n) is 2.44. The van der Waals surface area contributed by atoms with Crippen LogP contribution < -0.4 is 0 Å². The largest absolute Gasteiger partial charge is 0.466 e. The van der Waals surface area contributed by atoms with E-state index in [1.54, 1.807) is 13.2 Å². The number of aliphatic hydroxyl groups excluding tert-OH is 2. The van der Waals surface area contributed by atoms with E-state index in [4.69, 9.17) is 14.3 Å². The standard InChI is InChI=1S/C8H12O4/c1-11-5-6-2-3-12-8(6)7(10)4-9/h2-3,7,9-10H,4-5H2,1H3. The molecule has 1 aromatic heterocycles. The highest BCUT2D eigenvalue weighted by Gasteiger charge is 2.14. The normalized spacial score (nSPS) is 13.2. The van der Waals surface area contributed by atoms with Crippen molar-refractivity contribution in [1.82, 2.24) is 0 Å². The molecular formula is C8H12O4. The zero-order chi connectivity index (χ0) is 8.97. The van der Waals surface area contributed by atoms with Gasteiger partial charge in [0.15, 0.2) is 0 Å². The number of hydrogen-bond acceptors (Lipinski definition) is 4. The van der Waals surface area contributed by atoms with Crippen molar-refractivity contribution in [2.45, 2.75) is 12.7 Å². The molecule has 0 aliphatic heterocycles. The quantitative estimate of drug-likeness (QED) is 0.692. The summed E-state index contributed by atoms with van der Waals surface area (Å²) in [7, 11) is 1.56. The molecule has 1 rings (SSSR count). The van der Waals surface area contributed by atoms with Crippen LogP contribution >= 0.6 is 0 Å². The van der Waals surface area contributed by atoms with Crippen LogP contribution in [0.2, 0.25) is 0 Å². The Balaban J connectivity index is 2.76. The van der Waals surface area contributed by atoms with Crippen LogP contribution in [0.3, 0.4) is 0 Å². The number of furan rings is 1. The van der Waals surface area contributed by atoms with Crippen molar-refractivity contribution in [2.24, 2.45) is 0 Å². The molecular weight excluding hydrogens is 160 g/mol. The number of aliphatic hydroxyl groups is 2. The molecule has 0 aliphatic carbocycles. The second-order valence-corrected chi connectivity index (χ2v) is 2.44. The van der Waals surface area contributed by atoms with Crippen LogP contribution in [0.25, 0.3) is 0 Å². The lowest BCUT2D eigenvalue weighted by Gasteiger charge is -2.05. The molecule has 1 unspecified atom stereocenters. The fourth-order valence-corrected chi connectivity index (χ4v) is 0.997. The maximum absolute atomic E-state index is 9.23. The average Bonchev–Trinajstić information content (AvgIpc) is 2.52. The van der Waals surface area contributed by atoms with E-state index in [1.165, 1.54) is 6.26 Å². The number of ether oxygens (including phenoxy) is 1. The third kappa shape index (κ3) is 1.85. The van der Waals surface area contributed by atoms with Crippen molar-refractivity contribution in [1.29, 1.82) is 0 Å². The number of hydrogen-bond donors (Lipinski definition) is 2. The molecule has 68 valence electrons. The van der Waals surface area contributed by atoms with Gasteiger partial charge in [0, 0.05) is 12.7 Å². The Bertz CT molecular complexity index is 231. The van der Waals surface area contributed by atoms with E-state index < -0.39 is 6.10 Å². The predicted octanol–water partition coefficient (Wildman–Crippen LogP) is 0.452. The summed E-state index contributed by atoms with van der Waals surface area (Å²) in [5, 5.41) is 17.9. The maximum atomic E-state index is 9.23. The first-order valence-electron chi connectivity index (χ1n) is 3.63. The minimum absolute atomic E-state index is 0.343. The smallest absolute Gasteiger partial charge is 0.140 e. The zero-order valence-electron chi connectivity index (χ0n) is 6.86. The molecule has 0 aliphatic rings. The van der Waals surface area contributed by atoms with E-state index in [1.807, 2.05) is 0 Å². The Morgan fingerprint density at radius 1 is 1.67 bits per heavy atom. The van der Waals surface area contributed by atoms with Gasteiger partial charge in [-0.15, -0.1) is 0 Å². The topological polar surface area (TPSA) is 62.8 Å². The van der Waals surface area contributed by atoms with Gasteiger partial charge in [-0.3, -0.25) is 0 Å². The Hall–Kier alpha value is -0.840. The Labute approximate surface area is 70.4 Å². The molecule has 0 fully saturated rings. The molecule has 0 spiro atoms. The highest BCUT2D eigenvalue weighted by Crippen LogP contribution is 2.19. The number of methoxy groups -OCH3 is 1. The summed E-state index contributed by atoms with van der Waals surface area (Å²) in [6.45, 7) is 0.0348. The number of rotatable bonds is 4. The van der Waals surface area contributed by atoms with E-state index >= 15 is 0 Å². The molecule has 0 amide bonds. The van der Waals surface area contributed by atoms with Crippen LogP contribution in [-0.2, 0) is 11.3 Å². The minimum Gasteiger partial charge on any atom is -0.466 e. The van der Waals surface area contributed by atoms with Crippen LogP contribution in [0.5, 0.6) is 0 Å². The SMILES string of the molecule is COCc1ccoc1C(O)CO. The highest BCUT2D eigenvalue weighted by molar-refractivity contribution is 5.18. The van der Waals surface area contributed by atoms with Gasteiger partial charge in [-0.1, -0.05) is 0 Å². The summed E-state index contributed by atoms with van der Waals surface area (Å²) in [6, 6.07) is 1.71. The molecule has 4 nitrogen and oxygen atoms in total. The molecule has 1 aromatic rings. The molecule has 12 heavy (non-hydrogen) atoms. The summed E-state index contributed by atoms with van der Waals surface area (Å²) in [6.07, 6.45) is 0.507. The summed E-state index contributed by atoms with van der Waals surface area (Å²) < 4.78 is 9.85. The predicted molar refractivity (Wildman–Crippen MR) is 41.5 cm³/mol. The van der Waals surface area contributed by atoms with Crippen molar-refractivity contribution in [2.75, 3.05) is 13.7 Å². The summed E-state index contributed by atoms with van der Waals surface area (Å²) in [5.41, 5.74) is 0.763. The molecule has 0 bridgehead atoms. The third-order valence-electron chi connectivity index (χ3n) is 1.56. The summed E-state index contributed by atoms with van der Waals surface area (Å²) in [4.78, 5) is 0. The zero-order valence-corrected chi connectivity index (χ0v) is 6.86. The third-order valence-corrected chi connectivity index (χ3v) is 1.56. The molecule has 0 aromatic carbocycles. The Morgan fingerprint density at radius 2 is 2.42 bits per heavy atom. The van der Waals surface area contributed by atoms with Crippen molar-refractivity contribution in [3.63, 3.8) is 0 Å². The molecule has 2 N–H and O–H groups in total. The first-order valence-corrected chi connectivity index (χ1v) is 3.63. The first kappa shape index (κ1) is 9.25. The van der Waals surface area contributed by atoms with E-state index in [0.717, 1.165) is 5.56 Å². The Morgan fingerprint density at radius 3 is 3.00 bits per heavy atom. The molecule has 1 heterocycles. The van der Waals surface area contributed by atoms with E-state index in [0.29, 0.717) is 12.4 Å². The van der Waals surface area contributed by atoms with Crippen LogP contribution in [0.4, 0.5) is 0 Å². The van der Waals surface area contributed by atoms with Gasteiger partial charge in [0.1, 0.15) is 11.9 Å². The monoisotopic (exact) mass is 172 g/mol. The van der Waals surface area contributed by atoms with Gasteiger partial charge < -0.3 is 19.4 Å². The maximum Gasteiger partial charge on any atom is 0.140 e. The average molecular weight is 172 g/mol. The van der Waals surface area contributed by atoms with E-state index in [2.05, 4.69) is 0 Å². The lowest BCUT2D eigenvalue weighted by Crippen LogP contribution is -2.04. The lowest BCUT2D eigenvalue weighted by molar-refractivity contribution is 0.0739. The summed E-state index contributed by atoms with van der Waals surface area (Å²) >= 11 is 0. The van der Waals surface area contributed by atoms with Crippen LogP contribution in [-0.4, -0.2) is 23.9 Å². The molecule has 0 saturated heterocycles. The van der Waals surface area contributed by atoms with Gasteiger partial charge in [-0.2, -0.15) is 0 Å². The van der Waals surface area contributed by atoms with Crippen molar-refractivity contribution < 1.29 is 19.4 Å². The van der Waals surface area contributed by atoms with Crippen LogP contribution in [0, 0.1) is 0 Å². The second kappa shape index (κ2) is 4.25. The molecule has 0 saturated carbocycles. The fraction of sp³-hybridized carbons (Fsp3) is 0.500. The van der Waals surface area contributed by atoms with E-state index in [9.17, 15) is 5.11 Å². The highest BCUT2D eigenvalue weighted by atomic mass is 16.5. The first-order chi connectivity index (χ1) is 5.79. The fourth-order valence-electron chi connectivity index (χ4n) is 0.997. The van der Waals surface area contributed by atoms with Gasteiger partial charge in [0.2, 0.25) is 0 Å². The molecule has 1 atom stereocenters. The van der Waals surface area contributed by atoms with Gasteiger partial charge in [0.05, 0.1) is 19.5 Å².